The zero-order valence-corrected chi connectivity index (χ0v) is 7.36. The van der Waals surface area contributed by atoms with Gasteiger partial charge in [0.2, 0.25) is 0 Å². The van der Waals surface area contributed by atoms with Gasteiger partial charge in [-0.1, -0.05) is 0 Å². The van der Waals surface area contributed by atoms with Crippen molar-refractivity contribution in [3.63, 3.8) is 0 Å². The number of carboxylic acid groups (broad SMARTS) is 1. The molecule has 0 rings (SSSR count). The van der Waals surface area contributed by atoms with Crippen molar-refractivity contribution in [2.24, 2.45) is 0 Å². The zero-order valence-electron chi connectivity index (χ0n) is 6.46. The number of carboxylic acids is 1. The highest BCUT2D eigenvalue weighted by Gasteiger charge is 2.40. The summed E-state index contributed by atoms with van der Waals surface area (Å²) in [4.78, 5) is 26.9. The molecule has 78 valence electrons. The van der Waals surface area contributed by atoms with Gasteiger partial charge in [-0.05, 0) is 6.92 Å². The van der Waals surface area contributed by atoms with Crippen LogP contribution in [0.3, 0.4) is 0 Å². The average Bonchev–Trinajstić information content (AvgIpc) is 1.82. The van der Waals surface area contributed by atoms with E-state index in [1.54, 1.807) is 0 Å². The van der Waals surface area contributed by atoms with Gasteiger partial charge in [0.25, 0.3) is 0 Å². The van der Waals surface area contributed by atoms with Crippen LogP contribution in [0.4, 0.5) is 8.78 Å². The highest BCUT2D eigenvalue weighted by molar-refractivity contribution is 7.49. The van der Waals surface area contributed by atoms with E-state index in [2.05, 4.69) is 0 Å². The van der Waals surface area contributed by atoms with Crippen LogP contribution in [0.25, 0.3) is 0 Å². The smallest absolute Gasteiger partial charge is 0.408 e. The van der Waals surface area contributed by atoms with Crippen LogP contribution in [-0.2, 0) is 9.36 Å². The Morgan fingerprint density at radius 1 is 1.46 bits per heavy atom. The van der Waals surface area contributed by atoms with Crippen LogP contribution in [-0.4, -0.2) is 38.1 Å². The van der Waals surface area contributed by atoms with Crippen molar-refractivity contribution in [1.29, 1.82) is 0 Å². The summed E-state index contributed by atoms with van der Waals surface area (Å²) in [6.07, 6.45) is 0. The summed E-state index contributed by atoms with van der Waals surface area (Å²) in [5.41, 5.74) is 0. The molecule has 0 heterocycles. The van der Waals surface area contributed by atoms with Crippen molar-refractivity contribution < 1.29 is 33.0 Å². The molecule has 0 fully saturated rings. The standard InChI is InChI=1S/C4H8F2NO5P/c1-2(3(8)9)7(4(5)6)13(10,11)12/h2,4H,1H3,(H,8,9)(H2,10,11,12)/t2-/m0/s1. The number of hydrogen-bond acceptors (Lipinski definition) is 2. The Kier molecular flexibility index (Phi) is 3.92. The molecule has 0 spiro atoms. The third-order valence-electron chi connectivity index (χ3n) is 1.26. The number of rotatable bonds is 4. The maximum absolute atomic E-state index is 12.0. The first-order valence-electron chi connectivity index (χ1n) is 3.03. The van der Waals surface area contributed by atoms with Crippen LogP contribution < -0.4 is 0 Å². The molecule has 0 unspecified atom stereocenters. The lowest BCUT2D eigenvalue weighted by molar-refractivity contribution is -0.145. The van der Waals surface area contributed by atoms with E-state index < -0.39 is 31.0 Å². The predicted molar refractivity (Wildman–Crippen MR) is 37.0 cm³/mol. The summed E-state index contributed by atoms with van der Waals surface area (Å²) in [6.45, 7) is -2.76. The molecule has 0 aliphatic rings. The van der Waals surface area contributed by atoms with Gasteiger partial charge in [0, 0.05) is 0 Å². The van der Waals surface area contributed by atoms with Crippen LogP contribution in [0.5, 0.6) is 0 Å². The Morgan fingerprint density at radius 2 is 1.85 bits per heavy atom. The summed E-state index contributed by atoms with van der Waals surface area (Å²) in [7, 11) is -5.24. The fourth-order valence-corrected chi connectivity index (χ4v) is 1.40. The number of aliphatic carboxylic acids is 1. The van der Waals surface area contributed by atoms with Gasteiger partial charge in [-0.3, -0.25) is 4.79 Å². The van der Waals surface area contributed by atoms with Crippen LogP contribution in [0.2, 0.25) is 0 Å². The Morgan fingerprint density at radius 3 is 1.92 bits per heavy atom. The highest BCUT2D eigenvalue weighted by atomic mass is 31.2. The molecule has 0 amide bonds. The fourth-order valence-electron chi connectivity index (χ4n) is 0.622. The Hall–Kier alpha value is -0.560. The quantitative estimate of drug-likeness (QED) is 0.457. The van der Waals surface area contributed by atoms with E-state index in [0.717, 1.165) is 6.92 Å². The van der Waals surface area contributed by atoms with Gasteiger partial charge in [0.1, 0.15) is 6.04 Å². The summed E-state index contributed by atoms with van der Waals surface area (Å²) in [6, 6.07) is -1.94. The van der Waals surface area contributed by atoms with Crippen LogP contribution >= 0.6 is 7.75 Å². The molecular weight excluding hydrogens is 211 g/mol. The first kappa shape index (κ1) is 12.4. The van der Waals surface area contributed by atoms with Gasteiger partial charge < -0.3 is 14.9 Å². The Labute approximate surface area is 72.0 Å². The molecule has 0 saturated carbocycles. The van der Waals surface area contributed by atoms with Gasteiger partial charge in [0.15, 0.2) is 0 Å². The van der Waals surface area contributed by atoms with Crippen molar-refractivity contribution in [3.8, 4) is 0 Å². The van der Waals surface area contributed by atoms with E-state index in [4.69, 9.17) is 14.9 Å². The van der Waals surface area contributed by atoms with Crippen molar-refractivity contribution in [2.45, 2.75) is 19.5 Å². The fraction of sp³-hybridized carbons (Fsp3) is 0.750. The average molecular weight is 219 g/mol. The summed E-state index contributed by atoms with van der Waals surface area (Å²) in [5.74, 6) is -1.73. The maximum atomic E-state index is 12.0. The molecule has 0 radical (unpaired) electrons. The largest absolute Gasteiger partial charge is 0.480 e. The van der Waals surface area contributed by atoms with Crippen molar-refractivity contribution in [2.75, 3.05) is 0 Å². The number of nitrogens with zero attached hydrogens (tertiary/aromatic N) is 1. The Bertz CT molecular complexity index is 241. The minimum Gasteiger partial charge on any atom is -0.480 e. The molecular formula is C4H8F2NO5P. The van der Waals surface area contributed by atoms with Crippen LogP contribution in [0, 0.1) is 0 Å². The van der Waals surface area contributed by atoms with E-state index in [0.29, 0.717) is 0 Å². The van der Waals surface area contributed by atoms with Gasteiger partial charge in [-0.2, -0.15) is 8.78 Å². The van der Waals surface area contributed by atoms with E-state index >= 15 is 0 Å². The highest BCUT2D eigenvalue weighted by Crippen LogP contribution is 2.44. The Balaban J connectivity index is 4.83. The van der Waals surface area contributed by atoms with Crippen molar-refractivity contribution >= 4 is 13.7 Å². The lowest BCUT2D eigenvalue weighted by Crippen LogP contribution is -2.39. The molecule has 3 N–H and O–H groups in total. The van der Waals surface area contributed by atoms with Crippen molar-refractivity contribution in [3.05, 3.63) is 0 Å². The lowest BCUT2D eigenvalue weighted by atomic mass is 10.4. The summed E-state index contributed by atoms with van der Waals surface area (Å²) < 4.78 is 33.7. The van der Waals surface area contributed by atoms with E-state index in [-0.39, 0.29) is 0 Å². The predicted octanol–water partition coefficient (Wildman–Crippen LogP) is 0.0768. The number of alkyl halides is 2. The van der Waals surface area contributed by atoms with Crippen LogP contribution in [0.1, 0.15) is 6.92 Å². The van der Waals surface area contributed by atoms with Gasteiger partial charge in [-0.15, -0.1) is 4.67 Å². The SMILES string of the molecule is C[C@@H](C(=O)O)N(C(F)F)P(=O)(O)O. The minimum atomic E-state index is -5.24. The summed E-state index contributed by atoms with van der Waals surface area (Å²) >= 11 is 0. The number of halogens is 2. The monoisotopic (exact) mass is 219 g/mol. The molecule has 0 aliphatic heterocycles. The second-order valence-corrected chi connectivity index (χ2v) is 3.67. The normalized spacial score (nSPS) is 15.0. The van der Waals surface area contributed by atoms with Gasteiger partial charge in [-0.25, -0.2) is 4.57 Å². The topological polar surface area (TPSA) is 98.1 Å². The van der Waals surface area contributed by atoms with E-state index in [1.165, 1.54) is 0 Å². The van der Waals surface area contributed by atoms with Crippen molar-refractivity contribution in [1.82, 2.24) is 4.67 Å². The molecule has 0 aromatic heterocycles. The zero-order chi connectivity index (χ0) is 10.8. The molecule has 0 aromatic carbocycles. The van der Waals surface area contributed by atoms with E-state index in [9.17, 15) is 18.1 Å². The second kappa shape index (κ2) is 4.10. The molecule has 6 nitrogen and oxygen atoms in total. The molecule has 0 bridgehead atoms. The first-order valence-corrected chi connectivity index (χ1v) is 4.59. The minimum absolute atomic E-state index is 0.671. The second-order valence-electron chi connectivity index (χ2n) is 2.19. The third kappa shape index (κ3) is 3.35. The lowest BCUT2D eigenvalue weighted by Gasteiger charge is -2.24. The number of carbonyl (C=O) groups is 1. The summed E-state index contributed by atoms with van der Waals surface area (Å²) in [5, 5.41) is 8.25. The maximum Gasteiger partial charge on any atom is 0.408 e. The van der Waals surface area contributed by atoms with Gasteiger partial charge in [0.05, 0.1) is 0 Å². The number of hydrogen-bond donors (Lipinski definition) is 3. The molecule has 0 aromatic rings. The molecule has 1 atom stereocenters. The van der Waals surface area contributed by atoms with E-state index in [1.807, 2.05) is 0 Å². The first-order chi connectivity index (χ1) is 5.68. The van der Waals surface area contributed by atoms with Crippen LogP contribution in [0.15, 0.2) is 0 Å². The third-order valence-corrected chi connectivity index (χ3v) is 2.38. The molecule has 0 aliphatic carbocycles. The molecule has 13 heavy (non-hydrogen) atoms. The molecule has 0 saturated heterocycles. The van der Waals surface area contributed by atoms with Gasteiger partial charge >= 0.3 is 20.3 Å². The molecule has 9 heteroatoms.